The summed E-state index contributed by atoms with van der Waals surface area (Å²) in [5.74, 6) is -0.121. The van der Waals surface area contributed by atoms with Crippen molar-refractivity contribution in [3.8, 4) is 0 Å². The van der Waals surface area contributed by atoms with E-state index in [-0.39, 0.29) is 18.3 Å². The first kappa shape index (κ1) is 16.3. The van der Waals surface area contributed by atoms with Crippen LogP contribution in [0.5, 0.6) is 0 Å². The molecule has 1 atom stereocenters. The average Bonchev–Trinajstić information content (AvgIpc) is 2.63. The summed E-state index contributed by atoms with van der Waals surface area (Å²) in [4.78, 5) is 16.6. The fourth-order valence-electron chi connectivity index (χ4n) is 2.46. The minimum Gasteiger partial charge on any atom is -0.326 e. The van der Waals surface area contributed by atoms with E-state index in [2.05, 4.69) is 15.6 Å². The molecule has 0 fully saturated rings. The van der Waals surface area contributed by atoms with Gasteiger partial charge in [-0.3, -0.25) is 15.1 Å². The van der Waals surface area contributed by atoms with E-state index in [1.54, 1.807) is 13.1 Å². The van der Waals surface area contributed by atoms with Gasteiger partial charge in [0, 0.05) is 17.8 Å². The number of rotatable bonds is 1. The fourth-order valence-corrected chi connectivity index (χ4v) is 2.64. The third-order valence-corrected chi connectivity index (χ3v) is 3.67. The van der Waals surface area contributed by atoms with Gasteiger partial charge >= 0.3 is 0 Å². The number of carbonyl (C=O) groups is 1. The van der Waals surface area contributed by atoms with Gasteiger partial charge in [0.15, 0.2) is 0 Å². The molecule has 1 aliphatic rings. The highest BCUT2D eigenvalue weighted by atomic mass is 35.5. The quantitative estimate of drug-likeness (QED) is 0.838. The monoisotopic (exact) mass is 335 g/mol. The van der Waals surface area contributed by atoms with Crippen LogP contribution in [0.4, 0.5) is 5.69 Å². The number of aliphatic imine (C=N–C) groups is 1. The second-order valence-corrected chi connectivity index (χ2v) is 5.20. The highest BCUT2D eigenvalue weighted by Gasteiger charge is 2.29. The predicted octanol–water partition coefficient (Wildman–Crippen LogP) is 3.42. The van der Waals surface area contributed by atoms with Crippen molar-refractivity contribution in [2.75, 3.05) is 12.4 Å². The Bertz CT molecular complexity index is 717. The smallest absolute Gasteiger partial charge is 0.238 e. The van der Waals surface area contributed by atoms with Crippen LogP contribution >= 0.6 is 24.0 Å². The van der Waals surface area contributed by atoms with E-state index in [4.69, 9.17) is 11.6 Å². The van der Waals surface area contributed by atoms with E-state index >= 15 is 0 Å². The van der Waals surface area contributed by atoms with E-state index in [1.165, 1.54) is 0 Å². The molecule has 1 unspecified atom stereocenters. The fraction of sp³-hybridized carbons (Fsp3) is 0.125. The minimum absolute atomic E-state index is 0. The molecule has 0 bridgehead atoms. The third-order valence-electron chi connectivity index (χ3n) is 3.44. The lowest BCUT2D eigenvalue weighted by Crippen LogP contribution is -2.36. The van der Waals surface area contributed by atoms with Crippen molar-refractivity contribution < 1.29 is 4.79 Å². The summed E-state index contributed by atoms with van der Waals surface area (Å²) in [6.07, 6.45) is 0. The summed E-state index contributed by atoms with van der Waals surface area (Å²) in [5.41, 5.74) is 2.58. The van der Waals surface area contributed by atoms with Gasteiger partial charge in [-0.2, -0.15) is 0 Å². The molecule has 1 heterocycles. The van der Waals surface area contributed by atoms with Gasteiger partial charge in [-0.15, -0.1) is 12.4 Å². The number of nitrogens with zero attached hydrogens (tertiary/aromatic N) is 1. The molecule has 22 heavy (non-hydrogen) atoms. The molecule has 0 radical (unpaired) electrons. The van der Waals surface area contributed by atoms with Crippen molar-refractivity contribution in [3.63, 3.8) is 0 Å². The van der Waals surface area contributed by atoms with Crippen LogP contribution in [0.3, 0.4) is 0 Å². The molecule has 0 aliphatic carbocycles. The van der Waals surface area contributed by atoms with E-state index < -0.39 is 5.92 Å². The molecule has 4 nitrogen and oxygen atoms in total. The van der Waals surface area contributed by atoms with E-state index in [9.17, 15) is 4.79 Å². The molecule has 1 aliphatic heterocycles. The number of hydrogen-bond acceptors (Lipinski definition) is 2. The number of halogens is 2. The molecule has 0 spiro atoms. The summed E-state index contributed by atoms with van der Waals surface area (Å²) in [7, 11) is 1.63. The number of guanidine groups is 1. The highest BCUT2D eigenvalue weighted by molar-refractivity contribution is 6.31. The van der Waals surface area contributed by atoms with E-state index in [0.29, 0.717) is 11.0 Å². The van der Waals surface area contributed by atoms with Crippen LogP contribution < -0.4 is 10.6 Å². The molecule has 3 rings (SSSR count). The van der Waals surface area contributed by atoms with Gasteiger partial charge in [-0.25, -0.2) is 0 Å². The van der Waals surface area contributed by atoms with Crippen LogP contribution in [0, 0.1) is 0 Å². The molecule has 2 N–H and O–H groups in total. The van der Waals surface area contributed by atoms with Crippen LogP contribution in [0.2, 0.25) is 5.02 Å². The van der Waals surface area contributed by atoms with Crippen molar-refractivity contribution in [2.45, 2.75) is 5.92 Å². The lowest BCUT2D eigenvalue weighted by atomic mass is 9.89. The Labute approximate surface area is 140 Å². The molecular formula is C16H15Cl2N3O. The molecule has 1 amide bonds. The Kier molecular flexibility index (Phi) is 5.06. The van der Waals surface area contributed by atoms with Crippen molar-refractivity contribution in [3.05, 3.63) is 64.7 Å². The van der Waals surface area contributed by atoms with Crippen molar-refractivity contribution in [1.29, 1.82) is 0 Å². The zero-order valence-corrected chi connectivity index (χ0v) is 13.4. The molecule has 6 heteroatoms. The predicted molar refractivity (Wildman–Crippen MR) is 92.1 cm³/mol. The number of hydrogen-bond donors (Lipinski definition) is 2. The number of amides is 1. The number of carbonyl (C=O) groups excluding carboxylic acids is 1. The largest absolute Gasteiger partial charge is 0.326 e. The zero-order valence-electron chi connectivity index (χ0n) is 11.8. The second-order valence-electron chi connectivity index (χ2n) is 4.76. The zero-order chi connectivity index (χ0) is 14.8. The van der Waals surface area contributed by atoms with Crippen molar-refractivity contribution in [1.82, 2.24) is 5.32 Å². The summed E-state index contributed by atoms with van der Waals surface area (Å²) >= 11 is 6.11. The topological polar surface area (TPSA) is 53.5 Å². The lowest BCUT2D eigenvalue weighted by Gasteiger charge is -2.16. The maximum atomic E-state index is 12.6. The number of nitrogens with one attached hydrogen (secondary N) is 2. The van der Waals surface area contributed by atoms with Gasteiger partial charge in [0.05, 0.1) is 5.92 Å². The molecule has 0 saturated carbocycles. The standard InChI is InChI=1S/C16H14ClN3O.ClH/c1-18-16-19-13-8-7-11(17)9-12(13)14(15(21)20-16)10-5-3-2-4-6-10;/h2-9,14H,1H3,(H2,18,19,20,21);1H. The lowest BCUT2D eigenvalue weighted by molar-refractivity contribution is -0.120. The van der Waals surface area contributed by atoms with Crippen LogP contribution in [-0.4, -0.2) is 18.9 Å². The number of fused-ring (bicyclic) bond motifs is 1. The second kappa shape index (κ2) is 6.81. The maximum absolute atomic E-state index is 12.6. The molecule has 114 valence electrons. The van der Waals surface area contributed by atoms with Gasteiger partial charge in [0.25, 0.3) is 0 Å². The summed E-state index contributed by atoms with van der Waals surface area (Å²) < 4.78 is 0. The minimum atomic E-state index is -0.424. The van der Waals surface area contributed by atoms with Crippen LogP contribution in [0.1, 0.15) is 17.0 Å². The molecule has 0 saturated heterocycles. The first-order valence-electron chi connectivity index (χ1n) is 6.58. The van der Waals surface area contributed by atoms with Crippen LogP contribution in [0.15, 0.2) is 53.5 Å². The van der Waals surface area contributed by atoms with Crippen molar-refractivity contribution in [2.24, 2.45) is 4.99 Å². The first-order chi connectivity index (χ1) is 10.2. The Morgan fingerprint density at radius 2 is 1.82 bits per heavy atom. The maximum Gasteiger partial charge on any atom is 0.238 e. The van der Waals surface area contributed by atoms with Crippen LogP contribution in [0.25, 0.3) is 0 Å². The Morgan fingerprint density at radius 1 is 1.09 bits per heavy atom. The van der Waals surface area contributed by atoms with Gasteiger partial charge < -0.3 is 5.32 Å². The first-order valence-corrected chi connectivity index (χ1v) is 6.96. The third kappa shape index (κ3) is 3.08. The normalized spacial score (nSPS) is 18.5. The number of benzene rings is 2. The Morgan fingerprint density at radius 3 is 2.50 bits per heavy atom. The molecular weight excluding hydrogens is 321 g/mol. The summed E-state index contributed by atoms with van der Waals surface area (Å²) in [5, 5.41) is 6.52. The van der Waals surface area contributed by atoms with Gasteiger partial charge in [0.2, 0.25) is 11.9 Å². The summed E-state index contributed by atoms with van der Waals surface area (Å²) in [6, 6.07) is 15.1. The Balaban J connectivity index is 0.00000176. The van der Waals surface area contributed by atoms with Crippen LogP contribution in [-0.2, 0) is 4.79 Å². The van der Waals surface area contributed by atoms with Crippen molar-refractivity contribution >= 4 is 41.6 Å². The highest BCUT2D eigenvalue weighted by Crippen LogP contribution is 2.34. The SMILES string of the molecule is CN=C1NC(=O)C(c2ccccc2)c2cc(Cl)ccc2N1.Cl. The van der Waals surface area contributed by atoms with E-state index in [0.717, 1.165) is 16.8 Å². The summed E-state index contributed by atoms with van der Waals surface area (Å²) in [6.45, 7) is 0. The van der Waals surface area contributed by atoms with Gasteiger partial charge in [0.1, 0.15) is 0 Å². The Hall–Kier alpha value is -2.04. The molecule has 2 aromatic rings. The average molecular weight is 336 g/mol. The number of anilines is 1. The molecule has 2 aromatic carbocycles. The van der Waals surface area contributed by atoms with Gasteiger partial charge in [-0.05, 0) is 29.3 Å². The van der Waals surface area contributed by atoms with Gasteiger partial charge in [-0.1, -0.05) is 41.9 Å². The molecule has 0 aromatic heterocycles. The van der Waals surface area contributed by atoms with E-state index in [1.807, 2.05) is 42.5 Å².